The summed E-state index contributed by atoms with van der Waals surface area (Å²) in [6.45, 7) is 0.610. The maximum absolute atomic E-state index is 12.2. The van der Waals surface area contributed by atoms with Crippen molar-refractivity contribution < 1.29 is 14.4 Å². The van der Waals surface area contributed by atoms with Crippen LogP contribution in [0.2, 0.25) is 10.0 Å². The Balaban J connectivity index is 1.43. The number of carbonyl (C=O) groups excluding carboxylic acids is 3. The van der Waals surface area contributed by atoms with Gasteiger partial charge in [0.1, 0.15) is 0 Å². The monoisotopic (exact) mass is 476 g/mol. The van der Waals surface area contributed by atoms with E-state index in [4.69, 9.17) is 23.2 Å². The molecule has 0 spiro atoms. The fraction of sp³-hybridized carbons (Fsp3) is 0.0952. The predicted molar refractivity (Wildman–Crippen MR) is 125 cm³/mol. The number of hydrogen-bond acceptors (Lipinski definition) is 4. The van der Waals surface area contributed by atoms with E-state index in [1.807, 2.05) is 5.38 Å². The molecule has 3 rings (SSSR count). The Labute approximate surface area is 192 Å². The van der Waals surface area contributed by atoms with E-state index in [2.05, 4.69) is 21.3 Å². The highest BCUT2D eigenvalue weighted by Gasteiger charge is 2.09. The first-order chi connectivity index (χ1) is 14.9. The van der Waals surface area contributed by atoms with Crippen molar-refractivity contribution >= 4 is 63.8 Å². The number of benzene rings is 2. The summed E-state index contributed by atoms with van der Waals surface area (Å²) >= 11 is 13.1. The topological polar surface area (TPSA) is 99.3 Å². The highest BCUT2D eigenvalue weighted by atomic mass is 35.5. The number of rotatable bonds is 7. The molecule has 4 N–H and O–H groups in total. The minimum atomic E-state index is -0.461. The summed E-state index contributed by atoms with van der Waals surface area (Å²) in [6.07, 6.45) is 0. The molecule has 1 heterocycles. The number of anilines is 2. The van der Waals surface area contributed by atoms with Crippen LogP contribution in [0, 0.1) is 0 Å². The fourth-order valence-electron chi connectivity index (χ4n) is 2.52. The summed E-state index contributed by atoms with van der Waals surface area (Å²) in [5.41, 5.74) is 1.44. The van der Waals surface area contributed by atoms with Gasteiger partial charge in [0.05, 0.1) is 14.9 Å². The third kappa shape index (κ3) is 6.71. The van der Waals surface area contributed by atoms with Crippen LogP contribution < -0.4 is 21.3 Å². The van der Waals surface area contributed by atoms with E-state index >= 15 is 0 Å². The third-order valence-corrected chi connectivity index (χ3v) is 5.63. The number of thiophene rings is 1. The van der Waals surface area contributed by atoms with Gasteiger partial charge in [-0.2, -0.15) is 0 Å². The summed E-state index contributed by atoms with van der Waals surface area (Å²) in [4.78, 5) is 36.8. The average Bonchev–Trinajstić information content (AvgIpc) is 3.29. The van der Waals surface area contributed by atoms with Gasteiger partial charge in [-0.05, 0) is 53.9 Å². The van der Waals surface area contributed by atoms with E-state index in [9.17, 15) is 14.4 Å². The Morgan fingerprint density at radius 3 is 2.06 bits per heavy atom. The molecule has 1 aromatic heterocycles. The number of urea groups is 1. The van der Waals surface area contributed by atoms with E-state index < -0.39 is 6.03 Å². The molecule has 0 aliphatic heterocycles. The zero-order valence-electron chi connectivity index (χ0n) is 16.1. The van der Waals surface area contributed by atoms with Crippen LogP contribution in [0.25, 0.3) is 0 Å². The molecule has 0 fully saturated rings. The van der Waals surface area contributed by atoms with Crippen LogP contribution in [0.1, 0.15) is 20.0 Å². The molecule has 31 heavy (non-hydrogen) atoms. The Morgan fingerprint density at radius 1 is 0.774 bits per heavy atom. The van der Waals surface area contributed by atoms with Crippen LogP contribution in [-0.2, 0) is 0 Å². The van der Waals surface area contributed by atoms with E-state index in [0.29, 0.717) is 45.0 Å². The van der Waals surface area contributed by atoms with E-state index in [-0.39, 0.29) is 11.8 Å². The maximum atomic E-state index is 12.2. The van der Waals surface area contributed by atoms with Crippen LogP contribution in [0.3, 0.4) is 0 Å². The largest absolute Gasteiger partial charge is 0.350 e. The predicted octanol–water partition coefficient (Wildman–Crippen LogP) is 4.86. The lowest BCUT2D eigenvalue weighted by Crippen LogP contribution is -2.34. The molecule has 4 amide bonds. The molecule has 2 aromatic carbocycles. The van der Waals surface area contributed by atoms with Crippen LogP contribution in [0.15, 0.2) is 60.0 Å². The molecule has 7 nitrogen and oxygen atoms in total. The molecule has 10 heteroatoms. The SMILES string of the molecule is O=C(Nc1ccc(C(=O)NCCNC(=O)c2cccs2)cc1)Nc1ccc(Cl)c(Cl)c1. The van der Waals surface area contributed by atoms with Gasteiger partial charge in [-0.15, -0.1) is 11.3 Å². The number of halogens is 2. The third-order valence-electron chi connectivity index (χ3n) is 4.02. The van der Waals surface area contributed by atoms with Crippen molar-refractivity contribution in [3.05, 3.63) is 80.5 Å². The maximum Gasteiger partial charge on any atom is 0.323 e. The molecule has 0 radical (unpaired) electrons. The average molecular weight is 477 g/mol. The van der Waals surface area contributed by atoms with E-state index in [1.54, 1.807) is 54.6 Å². The lowest BCUT2D eigenvalue weighted by molar-refractivity contribution is 0.0929. The van der Waals surface area contributed by atoms with Gasteiger partial charge in [0.15, 0.2) is 0 Å². The first-order valence-corrected chi connectivity index (χ1v) is 10.8. The van der Waals surface area contributed by atoms with Gasteiger partial charge in [0.2, 0.25) is 0 Å². The van der Waals surface area contributed by atoms with Crippen molar-refractivity contribution in [3.63, 3.8) is 0 Å². The van der Waals surface area contributed by atoms with Crippen LogP contribution in [0.4, 0.5) is 16.2 Å². The highest BCUT2D eigenvalue weighted by Crippen LogP contribution is 2.25. The summed E-state index contributed by atoms with van der Waals surface area (Å²) < 4.78 is 0. The van der Waals surface area contributed by atoms with Crippen molar-refractivity contribution in [3.8, 4) is 0 Å². The van der Waals surface area contributed by atoms with Gasteiger partial charge in [-0.3, -0.25) is 9.59 Å². The first-order valence-electron chi connectivity index (χ1n) is 9.15. The first kappa shape index (κ1) is 22.6. The zero-order valence-corrected chi connectivity index (χ0v) is 18.4. The van der Waals surface area contributed by atoms with Gasteiger partial charge in [0, 0.05) is 30.0 Å². The Kier molecular flexibility index (Phi) is 7.88. The second-order valence-corrected chi connectivity index (χ2v) is 8.04. The van der Waals surface area contributed by atoms with Crippen LogP contribution in [-0.4, -0.2) is 30.9 Å². The van der Waals surface area contributed by atoms with Gasteiger partial charge >= 0.3 is 6.03 Å². The van der Waals surface area contributed by atoms with E-state index in [1.165, 1.54) is 11.3 Å². The Bertz CT molecular complexity index is 1070. The number of nitrogens with one attached hydrogen (secondary N) is 4. The quantitative estimate of drug-likeness (QED) is 0.366. The molecule has 0 aliphatic carbocycles. The molecule has 0 saturated carbocycles. The standard InChI is InChI=1S/C21H18Cl2N4O3S/c22-16-8-7-15(12-17(16)23)27-21(30)26-14-5-3-13(4-6-14)19(28)24-9-10-25-20(29)18-2-1-11-31-18/h1-8,11-12H,9-10H2,(H,24,28)(H,25,29)(H2,26,27,30). The van der Waals surface area contributed by atoms with Crippen molar-refractivity contribution in [1.82, 2.24) is 10.6 Å². The summed E-state index contributed by atoms with van der Waals surface area (Å²) in [5.74, 6) is -0.448. The molecule has 0 atom stereocenters. The smallest absolute Gasteiger partial charge is 0.323 e. The van der Waals surface area contributed by atoms with E-state index in [0.717, 1.165) is 0 Å². The summed E-state index contributed by atoms with van der Waals surface area (Å²) in [6, 6.07) is 14.2. The number of carbonyl (C=O) groups is 3. The molecule has 160 valence electrons. The summed E-state index contributed by atoms with van der Waals surface area (Å²) in [5, 5.41) is 13.3. The van der Waals surface area contributed by atoms with Gasteiger partial charge in [0.25, 0.3) is 11.8 Å². The molecule has 3 aromatic rings. The molecule has 0 aliphatic rings. The highest BCUT2D eigenvalue weighted by molar-refractivity contribution is 7.12. The lowest BCUT2D eigenvalue weighted by atomic mass is 10.2. The second kappa shape index (κ2) is 10.8. The summed E-state index contributed by atoms with van der Waals surface area (Å²) in [7, 11) is 0. The van der Waals surface area contributed by atoms with Crippen molar-refractivity contribution in [2.24, 2.45) is 0 Å². The normalized spacial score (nSPS) is 10.3. The Morgan fingerprint density at radius 2 is 1.42 bits per heavy atom. The Hall–Kier alpha value is -3.07. The lowest BCUT2D eigenvalue weighted by Gasteiger charge is -2.10. The molecule has 0 unspecified atom stereocenters. The zero-order chi connectivity index (χ0) is 22.2. The second-order valence-electron chi connectivity index (χ2n) is 6.27. The number of hydrogen-bond donors (Lipinski definition) is 4. The van der Waals surface area contributed by atoms with Crippen molar-refractivity contribution in [1.29, 1.82) is 0 Å². The minimum Gasteiger partial charge on any atom is -0.350 e. The fourth-order valence-corrected chi connectivity index (χ4v) is 3.46. The number of amides is 4. The van der Waals surface area contributed by atoms with Crippen molar-refractivity contribution in [2.45, 2.75) is 0 Å². The van der Waals surface area contributed by atoms with Crippen molar-refractivity contribution in [2.75, 3.05) is 23.7 Å². The van der Waals surface area contributed by atoms with Crippen LogP contribution in [0.5, 0.6) is 0 Å². The molecule has 0 saturated heterocycles. The van der Waals surface area contributed by atoms with Crippen LogP contribution >= 0.6 is 34.5 Å². The minimum absolute atomic E-state index is 0.168. The van der Waals surface area contributed by atoms with Gasteiger partial charge in [-0.25, -0.2) is 4.79 Å². The van der Waals surface area contributed by atoms with Gasteiger partial charge < -0.3 is 21.3 Å². The van der Waals surface area contributed by atoms with Gasteiger partial charge in [-0.1, -0.05) is 29.3 Å². The molecule has 0 bridgehead atoms. The molecular weight excluding hydrogens is 459 g/mol. The molecular formula is C21H18Cl2N4O3S.